The molecule has 0 bridgehead atoms. The number of rotatable bonds is 3. The fraction of sp³-hybridized carbons (Fsp3) is 0.462. The van der Waals surface area contributed by atoms with E-state index < -0.39 is 0 Å². The van der Waals surface area contributed by atoms with Crippen LogP contribution in [-0.2, 0) is 10.2 Å². The van der Waals surface area contributed by atoms with Crippen LogP contribution in [0.1, 0.15) is 38.2 Å². The summed E-state index contributed by atoms with van der Waals surface area (Å²) in [6, 6.07) is 8.21. The average molecular weight is 267 g/mol. The Bertz CT molecular complexity index is 363. The van der Waals surface area contributed by atoms with Gasteiger partial charge in [0.25, 0.3) is 0 Å². The number of hydrogen-bond acceptors (Lipinski definition) is 1. The summed E-state index contributed by atoms with van der Waals surface area (Å²) >= 11 is 3.42. The van der Waals surface area contributed by atoms with Crippen LogP contribution >= 0.6 is 15.9 Å². The minimum atomic E-state index is -0.143. The van der Waals surface area contributed by atoms with E-state index in [1.165, 1.54) is 12.0 Å². The molecule has 2 rings (SSSR count). The lowest BCUT2D eigenvalue weighted by Gasteiger charge is -2.40. The lowest BCUT2D eigenvalue weighted by atomic mass is 9.61. The molecule has 80 valence electrons. The van der Waals surface area contributed by atoms with Gasteiger partial charge < -0.3 is 0 Å². The van der Waals surface area contributed by atoms with Gasteiger partial charge in [-0.25, -0.2) is 0 Å². The SMILES string of the molecule is CCC(=O)C1(c2ccc(Br)cc2)CCC1. The van der Waals surface area contributed by atoms with Gasteiger partial charge in [-0.2, -0.15) is 0 Å². The Morgan fingerprint density at radius 1 is 1.33 bits per heavy atom. The van der Waals surface area contributed by atoms with Gasteiger partial charge in [-0.15, -0.1) is 0 Å². The molecule has 1 aliphatic rings. The fourth-order valence-electron chi connectivity index (χ4n) is 2.37. The number of benzene rings is 1. The van der Waals surface area contributed by atoms with Crippen LogP contribution in [0.4, 0.5) is 0 Å². The van der Waals surface area contributed by atoms with Crippen molar-refractivity contribution in [2.75, 3.05) is 0 Å². The topological polar surface area (TPSA) is 17.1 Å². The largest absolute Gasteiger partial charge is 0.299 e. The maximum absolute atomic E-state index is 12.0. The van der Waals surface area contributed by atoms with Crippen LogP contribution < -0.4 is 0 Å². The Kier molecular flexibility index (Phi) is 2.96. The molecule has 0 N–H and O–H groups in total. The number of Topliss-reactive ketones (excluding diaryl/α,β-unsaturated/α-hetero) is 1. The van der Waals surface area contributed by atoms with Crippen LogP contribution in [-0.4, -0.2) is 5.78 Å². The molecule has 1 saturated carbocycles. The van der Waals surface area contributed by atoms with E-state index in [1.807, 2.05) is 19.1 Å². The molecule has 0 aliphatic heterocycles. The van der Waals surface area contributed by atoms with Gasteiger partial charge >= 0.3 is 0 Å². The third-order valence-corrected chi connectivity index (χ3v) is 3.99. The standard InChI is InChI=1S/C13H15BrO/c1-2-12(15)13(8-3-9-13)10-4-6-11(14)7-5-10/h4-7H,2-3,8-9H2,1H3. The van der Waals surface area contributed by atoms with Crippen molar-refractivity contribution in [1.29, 1.82) is 0 Å². The van der Waals surface area contributed by atoms with Gasteiger partial charge in [0.15, 0.2) is 0 Å². The maximum Gasteiger partial charge on any atom is 0.143 e. The van der Waals surface area contributed by atoms with E-state index in [0.29, 0.717) is 12.2 Å². The zero-order chi connectivity index (χ0) is 10.9. The highest BCUT2D eigenvalue weighted by molar-refractivity contribution is 9.10. The molecule has 0 amide bonds. The molecular weight excluding hydrogens is 252 g/mol. The molecule has 15 heavy (non-hydrogen) atoms. The molecule has 1 aromatic carbocycles. The summed E-state index contributed by atoms with van der Waals surface area (Å²) in [5.41, 5.74) is 1.05. The second-order valence-electron chi connectivity index (χ2n) is 4.22. The first-order valence-electron chi connectivity index (χ1n) is 5.48. The highest BCUT2D eigenvalue weighted by atomic mass is 79.9. The van der Waals surface area contributed by atoms with Crippen molar-refractivity contribution in [1.82, 2.24) is 0 Å². The molecule has 1 nitrogen and oxygen atoms in total. The van der Waals surface area contributed by atoms with Crippen molar-refractivity contribution in [2.45, 2.75) is 38.0 Å². The first-order chi connectivity index (χ1) is 7.19. The minimum Gasteiger partial charge on any atom is -0.299 e. The lowest BCUT2D eigenvalue weighted by Crippen LogP contribution is -2.42. The predicted molar refractivity (Wildman–Crippen MR) is 65.0 cm³/mol. The van der Waals surface area contributed by atoms with Crippen LogP contribution in [0.25, 0.3) is 0 Å². The highest BCUT2D eigenvalue weighted by Crippen LogP contribution is 2.45. The van der Waals surface area contributed by atoms with E-state index in [2.05, 4.69) is 28.1 Å². The van der Waals surface area contributed by atoms with Gasteiger partial charge in [0.2, 0.25) is 0 Å². The van der Waals surface area contributed by atoms with Crippen molar-refractivity contribution >= 4 is 21.7 Å². The number of halogens is 1. The van der Waals surface area contributed by atoms with Crippen molar-refractivity contribution in [3.63, 3.8) is 0 Å². The van der Waals surface area contributed by atoms with Gasteiger partial charge in [-0.05, 0) is 30.5 Å². The molecule has 0 saturated heterocycles. The van der Waals surface area contributed by atoms with E-state index in [4.69, 9.17) is 0 Å². The molecule has 2 heteroatoms. The normalized spacial score (nSPS) is 18.3. The molecule has 0 spiro atoms. The number of hydrogen-bond donors (Lipinski definition) is 0. The van der Waals surface area contributed by atoms with Crippen LogP contribution in [0.2, 0.25) is 0 Å². The average Bonchev–Trinajstić information content (AvgIpc) is 2.19. The fourth-order valence-corrected chi connectivity index (χ4v) is 2.63. The van der Waals surface area contributed by atoms with E-state index in [9.17, 15) is 4.79 Å². The third kappa shape index (κ3) is 1.76. The van der Waals surface area contributed by atoms with Gasteiger partial charge in [-0.1, -0.05) is 41.4 Å². The number of ketones is 1. The Balaban J connectivity index is 2.34. The summed E-state index contributed by atoms with van der Waals surface area (Å²) in [6.45, 7) is 1.96. The summed E-state index contributed by atoms with van der Waals surface area (Å²) in [5.74, 6) is 0.399. The first kappa shape index (κ1) is 10.9. The second-order valence-corrected chi connectivity index (χ2v) is 5.13. The van der Waals surface area contributed by atoms with Crippen LogP contribution in [0.3, 0.4) is 0 Å². The van der Waals surface area contributed by atoms with E-state index in [1.54, 1.807) is 0 Å². The molecule has 1 aromatic rings. The smallest absolute Gasteiger partial charge is 0.143 e. The highest BCUT2D eigenvalue weighted by Gasteiger charge is 2.43. The quantitative estimate of drug-likeness (QED) is 0.813. The second kappa shape index (κ2) is 4.09. The molecule has 1 aliphatic carbocycles. The van der Waals surface area contributed by atoms with Gasteiger partial charge in [-0.3, -0.25) is 4.79 Å². The molecule has 0 atom stereocenters. The summed E-state index contributed by atoms with van der Waals surface area (Å²) < 4.78 is 1.07. The van der Waals surface area contributed by atoms with Gasteiger partial charge in [0.05, 0.1) is 5.41 Å². The Labute approximate surface area is 99.0 Å². The minimum absolute atomic E-state index is 0.143. The van der Waals surface area contributed by atoms with E-state index >= 15 is 0 Å². The number of carbonyl (C=O) groups is 1. The maximum atomic E-state index is 12.0. The molecule has 0 unspecified atom stereocenters. The van der Waals surface area contributed by atoms with E-state index in [0.717, 1.165) is 17.3 Å². The zero-order valence-electron chi connectivity index (χ0n) is 8.92. The Hall–Kier alpha value is -0.630. The van der Waals surface area contributed by atoms with Gasteiger partial charge in [0.1, 0.15) is 5.78 Å². The first-order valence-corrected chi connectivity index (χ1v) is 6.28. The number of carbonyl (C=O) groups excluding carboxylic acids is 1. The molecule has 0 aromatic heterocycles. The van der Waals surface area contributed by atoms with Crippen molar-refractivity contribution in [2.24, 2.45) is 0 Å². The van der Waals surface area contributed by atoms with Crippen LogP contribution in [0, 0.1) is 0 Å². The van der Waals surface area contributed by atoms with Gasteiger partial charge in [0, 0.05) is 10.9 Å². The summed E-state index contributed by atoms with van der Waals surface area (Å²) in [4.78, 5) is 12.0. The molecule has 0 heterocycles. The van der Waals surface area contributed by atoms with E-state index in [-0.39, 0.29) is 5.41 Å². The van der Waals surface area contributed by atoms with Crippen molar-refractivity contribution < 1.29 is 4.79 Å². The van der Waals surface area contributed by atoms with Crippen LogP contribution in [0.5, 0.6) is 0 Å². The molecule has 1 fully saturated rings. The zero-order valence-corrected chi connectivity index (χ0v) is 10.5. The lowest BCUT2D eigenvalue weighted by molar-refractivity contribution is -0.127. The third-order valence-electron chi connectivity index (χ3n) is 3.46. The Morgan fingerprint density at radius 3 is 2.33 bits per heavy atom. The van der Waals surface area contributed by atoms with Crippen molar-refractivity contribution in [3.8, 4) is 0 Å². The summed E-state index contributed by atoms with van der Waals surface area (Å²) in [5, 5.41) is 0. The molecular formula is C13H15BrO. The van der Waals surface area contributed by atoms with Crippen molar-refractivity contribution in [3.05, 3.63) is 34.3 Å². The monoisotopic (exact) mass is 266 g/mol. The summed E-state index contributed by atoms with van der Waals surface area (Å²) in [7, 11) is 0. The molecule has 0 radical (unpaired) electrons. The predicted octanol–water partition coefficient (Wildman–Crippen LogP) is 3.85. The van der Waals surface area contributed by atoms with Crippen LogP contribution in [0.15, 0.2) is 28.7 Å². The Morgan fingerprint density at radius 2 is 1.93 bits per heavy atom. The summed E-state index contributed by atoms with van der Waals surface area (Å²) in [6.07, 6.45) is 3.89.